The Morgan fingerprint density at radius 2 is 1.94 bits per heavy atom. The fraction of sp³-hybridized carbons (Fsp3) is 0.154. The maximum atomic E-state index is 13.6. The lowest BCUT2D eigenvalue weighted by molar-refractivity contribution is 0.102. The molecule has 0 aliphatic heterocycles. The number of thioether (sulfide) groups is 1. The number of hydrogen-bond acceptors (Lipinski definition) is 7. The molecule has 0 unspecified atom stereocenters. The van der Waals surface area contributed by atoms with E-state index in [-0.39, 0.29) is 17.1 Å². The first-order valence-corrected chi connectivity index (χ1v) is 12.5. The van der Waals surface area contributed by atoms with Crippen LogP contribution in [-0.2, 0) is 6.54 Å². The number of ketones is 1. The molecular formula is C26H21N3O3S2. The second-order valence-electron chi connectivity index (χ2n) is 7.85. The van der Waals surface area contributed by atoms with Crippen molar-refractivity contribution >= 4 is 49.3 Å². The minimum atomic E-state index is -0.120. The largest absolute Gasteiger partial charge is 0.497 e. The van der Waals surface area contributed by atoms with E-state index in [1.165, 1.54) is 23.1 Å². The number of fused-ring (bicyclic) bond motifs is 3. The zero-order valence-electron chi connectivity index (χ0n) is 18.6. The van der Waals surface area contributed by atoms with Gasteiger partial charge in [-0.15, -0.1) is 11.3 Å². The number of benzene rings is 2. The van der Waals surface area contributed by atoms with Gasteiger partial charge >= 0.3 is 0 Å². The SMILES string of the molecule is COc1cccc(C(=O)CSc2nc3c(sc4ncccc43)c(=O)n2Cc2ccc(C)cc2)c1. The smallest absolute Gasteiger partial charge is 0.272 e. The summed E-state index contributed by atoms with van der Waals surface area (Å²) >= 11 is 2.63. The first-order valence-electron chi connectivity index (χ1n) is 10.7. The third kappa shape index (κ3) is 4.34. The van der Waals surface area contributed by atoms with E-state index in [2.05, 4.69) is 4.98 Å². The molecule has 0 aliphatic carbocycles. The van der Waals surface area contributed by atoms with Crippen LogP contribution in [0.2, 0.25) is 0 Å². The number of rotatable bonds is 7. The maximum absolute atomic E-state index is 13.6. The van der Waals surface area contributed by atoms with Crippen LogP contribution in [0.25, 0.3) is 20.4 Å². The molecule has 8 heteroatoms. The van der Waals surface area contributed by atoms with Gasteiger partial charge in [0.25, 0.3) is 5.56 Å². The van der Waals surface area contributed by atoms with Crippen molar-refractivity contribution in [1.29, 1.82) is 0 Å². The van der Waals surface area contributed by atoms with Crippen LogP contribution in [0.15, 0.2) is 76.8 Å². The normalized spacial score (nSPS) is 11.2. The molecular weight excluding hydrogens is 466 g/mol. The minimum Gasteiger partial charge on any atom is -0.497 e. The van der Waals surface area contributed by atoms with Gasteiger partial charge in [-0.1, -0.05) is 53.7 Å². The average Bonchev–Trinajstić information content (AvgIpc) is 3.24. The van der Waals surface area contributed by atoms with E-state index in [1.54, 1.807) is 42.1 Å². The van der Waals surface area contributed by atoms with Crippen LogP contribution in [0.3, 0.4) is 0 Å². The Labute approximate surface area is 204 Å². The van der Waals surface area contributed by atoms with Crippen LogP contribution in [0.4, 0.5) is 0 Å². The Morgan fingerprint density at radius 3 is 2.74 bits per heavy atom. The second kappa shape index (κ2) is 9.40. The van der Waals surface area contributed by atoms with E-state index >= 15 is 0 Å². The van der Waals surface area contributed by atoms with Gasteiger partial charge in [-0.25, -0.2) is 9.97 Å². The number of hydrogen-bond donors (Lipinski definition) is 0. The molecule has 3 heterocycles. The predicted octanol–water partition coefficient (Wildman–Crippen LogP) is 5.35. The van der Waals surface area contributed by atoms with Crippen molar-refractivity contribution in [1.82, 2.24) is 14.5 Å². The Morgan fingerprint density at radius 1 is 1.12 bits per heavy atom. The number of carbonyl (C=O) groups excluding carboxylic acids is 1. The van der Waals surface area contributed by atoms with Gasteiger partial charge in [0.05, 0.1) is 24.9 Å². The molecule has 5 aromatic rings. The summed E-state index contributed by atoms with van der Waals surface area (Å²) in [6.45, 7) is 2.40. The highest BCUT2D eigenvalue weighted by Crippen LogP contribution is 2.31. The zero-order chi connectivity index (χ0) is 23.7. The summed E-state index contributed by atoms with van der Waals surface area (Å²) in [7, 11) is 1.57. The van der Waals surface area contributed by atoms with Crippen molar-refractivity contribution in [2.75, 3.05) is 12.9 Å². The molecule has 0 N–H and O–H groups in total. The van der Waals surface area contributed by atoms with Gasteiger partial charge in [0.1, 0.15) is 15.3 Å². The molecule has 0 radical (unpaired) electrons. The lowest BCUT2D eigenvalue weighted by atomic mass is 10.1. The molecule has 5 rings (SSSR count). The van der Waals surface area contributed by atoms with E-state index in [0.29, 0.717) is 33.2 Å². The van der Waals surface area contributed by atoms with Crippen LogP contribution in [-0.4, -0.2) is 33.2 Å². The number of aryl methyl sites for hydroxylation is 1. The van der Waals surface area contributed by atoms with E-state index in [1.807, 2.05) is 43.3 Å². The Hall–Kier alpha value is -3.49. The van der Waals surface area contributed by atoms with Gasteiger partial charge in [0.2, 0.25) is 0 Å². The minimum absolute atomic E-state index is 0.0584. The molecule has 0 bridgehead atoms. The number of carbonyl (C=O) groups is 1. The highest BCUT2D eigenvalue weighted by molar-refractivity contribution is 7.99. The molecule has 0 saturated carbocycles. The van der Waals surface area contributed by atoms with Crippen molar-refractivity contribution in [3.8, 4) is 5.75 Å². The molecule has 2 aromatic carbocycles. The van der Waals surface area contributed by atoms with E-state index in [4.69, 9.17) is 9.72 Å². The fourth-order valence-electron chi connectivity index (χ4n) is 3.68. The number of Topliss-reactive ketones (excluding diaryl/α,β-unsaturated/α-hetero) is 1. The van der Waals surface area contributed by atoms with Crippen molar-refractivity contribution in [2.45, 2.75) is 18.6 Å². The van der Waals surface area contributed by atoms with E-state index in [9.17, 15) is 9.59 Å². The summed E-state index contributed by atoms with van der Waals surface area (Å²) in [4.78, 5) is 36.5. The van der Waals surface area contributed by atoms with Gasteiger partial charge in [-0.3, -0.25) is 14.2 Å². The summed E-state index contributed by atoms with van der Waals surface area (Å²) in [6, 6.07) is 18.9. The molecule has 0 atom stereocenters. The first kappa shape index (κ1) is 22.3. The van der Waals surface area contributed by atoms with Crippen molar-refractivity contribution in [2.24, 2.45) is 0 Å². The Kier molecular flexibility index (Phi) is 6.17. The third-order valence-electron chi connectivity index (χ3n) is 5.50. The quantitative estimate of drug-likeness (QED) is 0.175. The molecule has 0 spiro atoms. The monoisotopic (exact) mass is 487 g/mol. The molecule has 34 heavy (non-hydrogen) atoms. The van der Waals surface area contributed by atoms with Crippen LogP contribution >= 0.6 is 23.1 Å². The topological polar surface area (TPSA) is 74.1 Å². The summed E-state index contributed by atoms with van der Waals surface area (Å²) in [5.41, 5.74) is 3.22. The van der Waals surface area contributed by atoms with Gasteiger partial charge in [0, 0.05) is 17.1 Å². The zero-order valence-corrected chi connectivity index (χ0v) is 20.3. The van der Waals surface area contributed by atoms with Crippen molar-refractivity contribution in [3.05, 3.63) is 93.9 Å². The van der Waals surface area contributed by atoms with Gasteiger partial charge in [-0.2, -0.15) is 0 Å². The summed E-state index contributed by atoms with van der Waals surface area (Å²) in [5, 5.41) is 1.36. The fourth-order valence-corrected chi connectivity index (χ4v) is 5.59. The molecule has 0 amide bonds. The van der Waals surface area contributed by atoms with Crippen molar-refractivity contribution in [3.63, 3.8) is 0 Å². The number of pyridine rings is 1. The first-order chi connectivity index (χ1) is 16.5. The Balaban J connectivity index is 1.56. The van der Waals surface area contributed by atoms with E-state index in [0.717, 1.165) is 21.3 Å². The number of ether oxygens (including phenoxy) is 1. The summed E-state index contributed by atoms with van der Waals surface area (Å²) < 4.78 is 7.47. The molecule has 3 aromatic heterocycles. The number of aromatic nitrogens is 3. The molecule has 6 nitrogen and oxygen atoms in total. The molecule has 0 aliphatic rings. The van der Waals surface area contributed by atoms with Crippen molar-refractivity contribution < 1.29 is 9.53 Å². The highest BCUT2D eigenvalue weighted by Gasteiger charge is 2.18. The number of methoxy groups -OCH3 is 1. The Bertz CT molecular complexity index is 1570. The van der Waals surface area contributed by atoms with E-state index < -0.39 is 0 Å². The third-order valence-corrected chi connectivity index (χ3v) is 7.57. The van der Waals surface area contributed by atoms with Crippen LogP contribution in [0.5, 0.6) is 5.75 Å². The molecule has 0 fully saturated rings. The lowest BCUT2D eigenvalue weighted by Gasteiger charge is -2.12. The maximum Gasteiger partial charge on any atom is 0.272 e. The van der Waals surface area contributed by atoms with Gasteiger partial charge < -0.3 is 4.74 Å². The number of nitrogens with zero attached hydrogens (tertiary/aromatic N) is 3. The predicted molar refractivity (Wildman–Crippen MR) is 138 cm³/mol. The molecule has 0 saturated heterocycles. The second-order valence-corrected chi connectivity index (χ2v) is 9.79. The summed E-state index contributed by atoms with van der Waals surface area (Å²) in [5.74, 6) is 0.722. The lowest BCUT2D eigenvalue weighted by Crippen LogP contribution is -2.23. The molecule has 170 valence electrons. The standard InChI is InChI=1S/C26H21N3O3S2/c1-16-8-10-17(11-9-16)14-29-25(31)23-22(20-7-4-12-27-24(20)34-23)28-26(29)33-15-21(30)18-5-3-6-19(13-18)32-2/h3-13H,14-15H2,1-2H3. The summed E-state index contributed by atoms with van der Waals surface area (Å²) in [6.07, 6.45) is 1.71. The van der Waals surface area contributed by atoms with Gasteiger partial charge in [-0.05, 0) is 36.8 Å². The number of thiophene rings is 1. The van der Waals surface area contributed by atoms with Crippen LogP contribution in [0, 0.1) is 6.92 Å². The van der Waals surface area contributed by atoms with Crippen LogP contribution < -0.4 is 10.3 Å². The average molecular weight is 488 g/mol. The highest BCUT2D eigenvalue weighted by atomic mass is 32.2. The van der Waals surface area contributed by atoms with Gasteiger partial charge in [0.15, 0.2) is 10.9 Å². The van der Waals surface area contributed by atoms with Crippen LogP contribution in [0.1, 0.15) is 21.5 Å².